The van der Waals surface area contributed by atoms with E-state index in [0.29, 0.717) is 12.6 Å². The van der Waals surface area contributed by atoms with Gasteiger partial charge in [-0.1, -0.05) is 18.6 Å². The van der Waals surface area contributed by atoms with E-state index in [1.807, 2.05) is 7.05 Å². The second-order valence-corrected chi connectivity index (χ2v) is 5.63. The van der Waals surface area contributed by atoms with Gasteiger partial charge in [-0.3, -0.25) is 0 Å². The molecule has 6 heteroatoms. The first-order chi connectivity index (χ1) is 9.49. The van der Waals surface area contributed by atoms with Gasteiger partial charge in [-0.05, 0) is 38.6 Å². The number of halogens is 2. The number of nitrogens with zero attached hydrogens (tertiary/aromatic N) is 1. The van der Waals surface area contributed by atoms with Gasteiger partial charge in [0.05, 0.1) is 0 Å². The summed E-state index contributed by atoms with van der Waals surface area (Å²) in [5.74, 6) is -1.32. The molecule has 1 atom stereocenters. The minimum atomic E-state index is -0.661. The van der Waals surface area contributed by atoms with E-state index in [1.165, 1.54) is 18.6 Å². The zero-order chi connectivity index (χ0) is 14.7. The van der Waals surface area contributed by atoms with Crippen molar-refractivity contribution in [3.63, 3.8) is 0 Å². The summed E-state index contributed by atoms with van der Waals surface area (Å²) in [5.41, 5.74) is 5.48. The molecule has 3 N–H and O–H groups in total. The van der Waals surface area contributed by atoms with E-state index in [4.69, 9.17) is 18.0 Å². The van der Waals surface area contributed by atoms with Gasteiger partial charge in [0, 0.05) is 18.2 Å². The first-order valence-corrected chi connectivity index (χ1v) is 7.13. The SMILES string of the molecule is CN1CCCCC1CNc1c(F)cc(C(N)=S)cc1F. The molecule has 0 amide bonds. The lowest BCUT2D eigenvalue weighted by molar-refractivity contribution is 0.194. The molecule has 1 unspecified atom stereocenters. The topological polar surface area (TPSA) is 41.3 Å². The highest BCUT2D eigenvalue weighted by atomic mass is 32.1. The van der Waals surface area contributed by atoms with Crippen molar-refractivity contribution < 1.29 is 8.78 Å². The Kier molecular flexibility index (Phi) is 4.88. The Morgan fingerprint density at radius 3 is 2.60 bits per heavy atom. The van der Waals surface area contributed by atoms with Gasteiger partial charge < -0.3 is 16.0 Å². The molecule has 0 aromatic heterocycles. The Morgan fingerprint density at radius 1 is 1.40 bits per heavy atom. The van der Waals surface area contributed by atoms with Gasteiger partial charge in [0.1, 0.15) is 22.3 Å². The van der Waals surface area contributed by atoms with E-state index in [9.17, 15) is 8.78 Å². The van der Waals surface area contributed by atoms with E-state index in [0.717, 1.165) is 19.4 Å². The van der Waals surface area contributed by atoms with Gasteiger partial charge >= 0.3 is 0 Å². The summed E-state index contributed by atoms with van der Waals surface area (Å²) in [4.78, 5) is 2.21. The van der Waals surface area contributed by atoms with Crippen molar-refractivity contribution in [2.45, 2.75) is 25.3 Å². The molecule has 0 saturated carbocycles. The molecule has 110 valence electrons. The van der Waals surface area contributed by atoms with Crippen LogP contribution in [0.1, 0.15) is 24.8 Å². The van der Waals surface area contributed by atoms with Crippen LogP contribution < -0.4 is 11.1 Å². The van der Waals surface area contributed by atoms with Crippen molar-refractivity contribution in [2.75, 3.05) is 25.5 Å². The maximum absolute atomic E-state index is 13.9. The van der Waals surface area contributed by atoms with Crippen molar-refractivity contribution >= 4 is 22.9 Å². The second-order valence-electron chi connectivity index (χ2n) is 5.19. The molecule has 1 aliphatic heterocycles. The molecule has 0 aliphatic carbocycles. The Morgan fingerprint density at radius 2 is 2.05 bits per heavy atom. The third-order valence-corrected chi connectivity index (χ3v) is 4.00. The van der Waals surface area contributed by atoms with Crippen molar-refractivity contribution in [1.82, 2.24) is 4.90 Å². The molecular formula is C14H19F2N3S. The molecule has 1 fully saturated rings. The summed E-state index contributed by atoms with van der Waals surface area (Å²) in [6, 6.07) is 2.63. The van der Waals surface area contributed by atoms with Gasteiger partial charge in [0.15, 0.2) is 0 Å². The summed E-state index contributed by atoms with van der Waals surface area (Å²) < 4.78 is 27.8. The molecule has 20 heavy (non-hydrogen) atoms. The standard InChI is InChI=1S/C14H19F2N3S/c1-19-5-3-2-4-10(19)8-18-13-11(15)6-9(14(17)20)7-12(13)16/h6-7,10,18H,2-5,8H2,1H3,(H2,17,20). The number of piperidine rings is 1. The highest BCUT2D eigenvalue weighted by Gasteiger charge is 2.20. The molecule has 2 rings (SSSR count). The fourth-order valence-corrected chi connectivity index (χ4v) is 2.62. The predicted octanol–water partition coefficient (Wildman–Crippen LogP) is 2.50. The van der Waals surface area contributed by atoms with Crippen LogP contribution in [0.25, 0.3) is 0 Å². The number of anilines is 1. The summed E-state index contributed by atoms with van der Waals surface area (Å²) in [7, 11) is 2.04. The number of benzene rings is 1. The highest BCUT2D eigenvalue weighted by Crippen LogP contribution is 2.22. The van der Waals surface area contributed by atoms with Gasteiger partial charge in [-0.2, -0.15) is 0 Å². The summed E-state index contributed by atoms with van der Waals surface area (Å²) in [6.07, 6.45) is 3.37. The van der Waals surface area contributed by atoms with E-state index < -0.39 is 11.6 Å². The van der Waals surface area contributed by atoms with Crippen molar-refractivity contribution in [1.29, 1.82) is 0 Å². The molecule has 1 saturated heterocycles. The van der Waals surface area contributed by atoms with Crippen LogP contribution >= 0.6 is 12.2 Å². The number of hydrogen-bond donors (Lipinski definition) is 2. The normalized spacial score (nSPS) is 19.9. The van der Waals surface area contributed by atoms with Crippen LogP contribution in [0.5, 0.6) is 0 Å². The van der Waals surface area contributed by atoms with E-state index in [-0.39, 0.29) is 16.2 Å². The number of likely N-dealkylation sites (tertiary alicyclic amines) is 1. The van der Waals surface area contributed by atoms with E-state index in [2.05, 4.69) is 10.2 Å². The number of nitrogens with one attached hydrogen (secondary N) is 1. The van der Waals surface area contributed by atoms with Crippen LogP contribution in [0.3, 0.4) is 0 Å². The average molecular weight is 299 g/mol. The minimum absolute atomic E-state index is 0.0126. The van der Waals surface area contributed by atoms with Crippen LogP contribution in [0.4, 0.5) is 14.5 Å². The number of nitrogens with two attached hydrogens (primary N) is 1. The Balaban J connectivity index is 2.07. The number of rotatable bonds is 4. The highest BCUT2D eigenvalue weighted by molar-refractivity contribution is 7.80. The van der Waals surface area contributed by atoms with Crippen LogP contribution in [0, 0.1) is 11.6 Å². The summed E-state index contributed by atoms with van der Waals surface area (Å²) >= 11 is 4.72. The summed E-state index contributed by atoms with van der Waals surface area (Å²) in [5, 5.41) is 2.87. The summed E-state index contributed by atoms with van der Waals surface area (Å²) in [6.45, 7) is 1.55. The fraction of sp³-hybridized carbons (Fsp3) is 0.500. The molecule has 1 aromatic rings. The van der Waals surface area contributed by atoms with Crippen molar-refractivity contribution in [3.8, 4) is 0 Å². The molecular weight excluding hydrogens is 280 g/mol. The maximum Gasteiger partial charge on any atom is 0.150 e. The van der Waals surface area contributed by atoms with Crippen LogP contribution in [0.2, 0.25) is 0 Å². The van der Waals surface area contributed by atoms with E-state index >= 15 is 0 Å². The maximum atomic E-state index is 13.9. The molecule has 1 heterocycles. The molecule has 3 nitrogen and oxygen atoms in total. The molecule has 1 aliphatic rings. The number of hydrogen-bond acceptors (Lipinski definition) is 3. The van der Waals surface area contributed by atoms with Gasteiger partial charge in [0.25, 0.3) is 0 Å². The Hall–Kier alpha value is -1.27. The smallest absolute Gasteiger partial charge is 0.150 e. The molecule has 0 bridgehead atoms. The third-order valence-electron chi connectivity index (χ3n) is 3.76. The lowest BCUT2D eigenvalue weighted by Gasteiger charge is -2.32. The fourth-order valence-electron chi connectivity index (χ4n) is 2.51. The Bertz CT molecular complexity index is 484. The molecule has 0 spiro atoms. The molecule has 0 radical (unpaired) electrons. The van der Waals surface area contributed by atoms with Gasteiger partial charge in [-0.15, -0.1) is 0 Å². The number of likely N-dealkylation sites (N-methyl/N-ethyl adjacent to an activating group) is 1. The first kappa shape index (κ1) is 15.1. The average Bonchev–Trinajstić information content (AvgIpc) is 2.39. The lowest BCUT2D eigenvalue weighted by atomic mass is 10.0. The number of thiocarbonyl (C=S) groups is 1. The second kappa shape index (κ2) is 6.45. The van der Waals surface area contributed by atoms with Crippen LogP contribution in [-0.4, -0.2) is 36.1 Å². The van der Waals surface area contributed by atoms with Gasteiger partial charge in [0.2, 0.25) is 0 Å². The minimum Gasteiger partial charge on any atom is -0.389 e. The van der Waals surface area contributed by atoms with Gasteiger partial charge in [-0.25, -0.2) is 8.78 Å². The first-order valence-electron chi connectivity index (χ1n) is 6.72. The zero-order valence-electron chi connectivity index (χ0n) is 11.5. The van der Waals surface area contributed by atoms with Crippen molar-refractivity contribution in [3.05, 3.63) is 29.3 Å². The lowest BCUT2D eigenvalue weighted by Crippen LogP contribution is -2.41. The zero-order valence-corrected chi connectivity index (χ0v) is 12.3. The van der Waals surface area contributed by atoms with E-state index in [1.54, 1.807) is 0 Å². The van der Waals surface area contributed by atoms with Crippen LogP contribution in [-0.2, 0) is 0 Å². The third kappa shape index (κ3) is 3.43. The monoisotopic (exact) mass is 299 g/mol. The van der Waals surface area contributed by atoms with Crippen LogP contribution in [0.15, 0.2) is 12.1 Å². The quantitative estimate of drug-likeness (QED) is 0.838. The van der Waals surface area contributed by atoms with Crippen molar-refractivity contribution in [2.24, 2.45) is 5.73 Å². The molecule has 1 aromatic carbocycles. The largest absolute Gasteiger partial charge is 0.389 e. The predicted molar refractivity (Wildman–Crippen MR) is 81.0 cm³/mol. The Labute approximate surface area is 123 Å².